The molecule has 1 aromatic rings. The molecule has 2 nitrogen and oxygen atoms in total. The molecule has 1 atom stereocenters. The molecule has 0 N–H and O–H groups in total. The highest BCUT2D eigenvalue weighted by Gasteiger charge is 1.86. The van der Waals surface area contributed by atoms with Gasteiger partial charge in [0.25, 0.3) is 0 Å². The van der Waals surface area contributed by atoms with Gasteiger partial charge in [-0.1, -0.05) is 0 Å². The first kappa shape index (κ1) is 6.55. The summed E-state index contributed by atoms with van der Waals surface area (Å²) in [4.78, 5) is 0. The van der Waals surface area contributed by atoms with E-state index in [-0.39, 0.29) is 0 Å². The van der Waals surface area contributed by atoms with E-state index in [4.69, 9.17) is 7.85 Å². The Kier molecular flexibility index (Phi) is 2.32. The van der Waals surface area contributed by atoms with E-state index < -0.39 is 0 Å². The largest absolute Gasteiger partial charge is 0.246 e. The Balaban J connectivity index is 2.84. The van der Waals surface area contributed by atoms with E-state index in [1.807, 2.05) is 6.20 Å². The van der Waals surface area contributed by atoms with Gasteiger partial charge in [0, 0.05) is 11.8 Å². The van der Waals surface area contributed by atoms with Crippen LogP contribution in [0.4, 0.5) is 0 Å². The molecule has 2 radical (unpaired) electrons. The van der Waals surface area contributed by atoms with Gasteiger partial charge >= 0.3 is 0 Å². The molecule has 1 aromatic heterocycles. The third kappa shape index (κ3) is 1.45. The van der Waals surface area contributed by atoms with Crippen molar-refractivity contribution in [2.24, 2.45) is 0 Å². The van der Waals surface area contributed by atoms with Crippen LogP contribution in [0, 0.1) is 0 Å². The van der Waals surface area contributed by atoms with E-state index in [9.17, 15) is 0 Å². The second kappa shape index (κ2) is 2.83. The fourth-order valence-electron chi connectivity index (χ4n) is 0.385. The molecule has 0 spiro atoms. The molecule has 0 fully saturated rings. The molecule has 0 saturated heterocycles. The monoisotopic (exact) mass is 236 g/mol. The lowest BCUT2D eigenvalue weighted by Crippen LogP contribution is -2.02. The summed E-state index contributed by atoms with van der Waals surface area (Å²) in [5, 5.41) is 3.93. The second-order valence-corrected chi connectivity index (χ2v) is 3.34. The maximum atomic E-state index is 5.32. The SMILES string of the molecule is [B]c1ccn(PI)n1. The van der Waals surface area contributed by atoms with Crippen molar-refractivity contribution < 1.29 is 0 Å². The minimum absolute atomic E-state index is 0.592. The van der Waals surface area contributed by atoms with Crippen LogP contribution < -0.4 is 5.59 Å². The lowest BCUT2D eigenvalue weighted by atomic mass is 10.1. The third-order valence-corrected chi connectivity index (χ3v) is 2.60. The lowest BCUT2D eigenvalue weighted by molar-refractivity contribution is 1.03. The Morgan fingerprint density at radius 1 is 1.88 bits per heavy atom. The molecule has 0 bridgehead atoms. The summed E-state index contributed by atoms with van der Waals surface area (Å²) >= 11 is 2.24. The van der Waals surface area contributed by atoms with Gasteiger partial charge in [0.05, 0.1) is 6.37 Å². The van der Waals surface area contributed by atoms with Crippen molar-refractivity contribution >= 4 is 41.9 Å². The Bertz CT molecular complexity index is 178. The summed E-state index contributed by atoms with van der Waals surface area (Å²) in [6.45, 7) is 0. The predicted molar refractivity (Wildman–Crippen MR) is 45.3 cm³/mol. The predicted octanol–water partition coefficient (Wildman–Crippen LogP) is 0.468. The number of halogens is 1. The van der Waals surface area contributed by atoms with Gasteiger partial charge in [0.1, 0.15) is 7.85 Å². The maximum Gasteiger partial charge on any atom is 0.144 e. The molecule has 0 aliphatic carbocycles. The zero-order valence-corrected chi connectivity index (χ0v) is 7.16. The summed E-state index contributed by atoms with van der Waals surface area (Å²) in [6.07, 6.45) is 2.51. The molecule has 0 aliphatic heterocycles. The van der Waals surface area contributed by atoms with Crippen LogP contribution in [0.5, 0.6) is 0 Å². The highest BCUT2D eigenvalue weighted by molar-refractivity contribution is 14.2. The molecule has 0 aromatic carbocycles. The van der Waals surface area contributed by atoms with Crippen LogP contribution in [-0.2, 0) is 0 Å². The van der Waals surface area contributed by atoms with E-state index >= 15 is 0 Å². The third-order valence-electron chi connectivity index (χ3n) is 0.696. The number of nitrogens with zero attached hydrogens (tertiary/aromatic N) is 2. The molecule has 0 aliphatic rings. The van der Waals surface area contributed by atoms with Gasteiger partial charge in [0.15, 0.2) is 0 Å². The van der Waals surface area contributed by atoms with Gasteiger partial charge < -0.3 is 0 Å². The molecule has 8 heavy (non-hydrogen) atoms. The zero-order valence-electron chi connectivity index (χ0n) is 4.00. The van der Waals surface area contributed by atoms with Crippen molar-refractivity contribution in [2.45, 2.75) is 0 Å². The normalized spacial score (nSPS) is 11.1. The fourth-order valence-corrected chi connectivity index (χ4v) is 1.48. The van der Waals surface area contributed by atoms with Crippen molar-refractivity contribution in [1.29, 1.82) is 0 Å². The lowest BCUT2D eigenvalue weighted by Gasteiger charge is -1.87. The number of rotatable bonds is 1. The average Bonchev–Trinajstić information content (AvgIpc) is 2.14. The number of hydrogen-bond acceptors (Lipinski definition) is 1. The molecule has 1 rings (SSSR count). The zero-order chi connectivity index (χ0) is 5.98. The Morgan fingerprint density at radius 2 is 2.62 bits per heavy atom. The summed E-state index contributed by atoms with van der Waals surface area (Å²) in [7, 11) is 5.32. The van der Waals surface area contributed by atoms with Gasteiger partial charge in [0.2, 0.25) is 0 Å². The van der Waals surface area contributed by atoms with Crippen LogP contribution in [0.3, 0.4) is 0 Å². The van der Waals surface area contributed by atoms with Crippen LogP contribution in [-0.4, -0.2) is 17.4 Å². The maximum absolute atomic E-state index is 5.32. The quantitative estimate of drug-likeness (QED) is 0.393. The Labute approximate surface area is 63.8 Å². The minimum atomic E-state index is 0.592. The first-order valence-corrected chi connectivity index (χ1v) is 6.07. The van der Waals surface area contributed by atoms with Gasteiger partial charge in [-0.2, -0.15) is 5.10 Å². The van der Waals surface area contributed by atoms with Gasteiger partial charge in [-0.05, 0) is 28.1 Å². The van der Waals surface area contributed by atoms with E-state index in [1.165, 1.54) is 0 Å². The number of hydrogen-bond donors (Lipinski definition) is 0. The van der Waals surface area contributed by atoms with Crippen LogP contribution in [0.2, 0.25) is 0 Å². The average molecular weight is 236 g/mol. The van der Waals surface area contributed by atoms with Crippen LogP contribution in [0.15, 0.2) is 12.3 Å². The highest BCUT2D eigenvalue weighted by atomic mass is 127. The second-order valence-electron chi connectivity index (χ2n) is 1.27. The van der Waals surface area contributed by atoms with Crippen molar-refractivity contribution in [3.05, 3.63) is 12.3 Å². The minimum Gasteiger partial charge on any atom is -0.246 e. The van der Waals surface area contributed by atoms with Crippen molar-refractivity contribution in [3.63, 3.8) is 0 Å². The van der Waals surface area contributed by atoms with Crippen molar-refractivity contribution in [2.75, 3.05) is 0 Å². The topological polar surface area (TPSA) is 17.8 Å². The summed E-state index contributed by atoms with van der Waals surface area (Å²) in [5.74, 6) is 0. The first-order valence-electron chi connectivity index (χ1n) is 2.01. The Hall–Kier alpha value is 0.435. The van der Waals surface area contributed by atoms with Gasteiger partial charge in [-0.3, -0.25) is 0 Å². The van der Waals surface area contributed by atoms with Crippen LogP contribution >= 0.6 is 28.4 Å². The standard InChI is InChI=1S/C3H3BIN2P/c4-3-1-2-7(6-3)8-5/h1-2,8H. The van der Waals surface area contributed by atoms with Crippen molar-refractivity contribution in [1.82, 2.24) is 9.55 Å². The van der Waals surface area contributed by atoms with Gasteiger partial charge in [-0.15, -0.1) is 0 Å². The smallest absolute Gasteiger partial charge is 0.144 e. The summed E-state index contributed by atoms with van der Waals surface area (Å²) in [5.41, 5.74) is 0.592. The fraction of sp³-hybridized carbons (Fsp3) is 0. The van der Waals surface area contributed by atoms with Gasteiger partial charge in [-0.25, -0.2) is 4.45 Å². The molecule has 0 amide bonds. The van der Waals surface area contributed by atoms with Crippen LogP contribution in [0.25, 0.3) is 0 Å². The van der Waals surface area contributed by atoms with E-state index in [0.717, 1.165) is 0 Å². The Morgan fingerprint density at radius 3 is 2.88 bits per heavy atom. The molecular formula is C3H3BIN2P. The van der Waals surface area contributed by atoms with Crippen LogP contribution in [0.1, 0.15) is 0 Å². The van der Waals surface area contributed by atoms with Crippen molar-refractivity contribution in [3.8, 4) is 0 Å². The molecule has 1 unspecified atom stereocenters. The van der Waals surface area contributed by atoms with E-state index in [0.29, 0.717) is 12.0 Å². The summed E-state index contributed by atoms with van der Waals surface area (Å²) in [6, 6.07) is 1.78. The van der Waals surface area contributed by atoms with E-state index in [1.54, 1.807) is 10.5 Å². The molecule has 1 heterocycles. The molecule has 40 valence electrons. The summed E-state index contributed by atoms with van der Waals surface area (Å²) < 4.78 is 1.80. The number of aromatic nitrogens is 2. The first-order chi connectivity index (χ1) is 3.83. The molecule has 5 heteroatoms. The molecule has 0 saturated carbocycles. The highest BCUT2D eigenvalue weighted by Crippen LogP contribution is 2.20. The molecular weight excluding hydrogens is 233 g/mol. The van der Waals surface area contributed by atoms with E-state index in [2.05, 4.69) is 27.1 Å².